The monoisotopic (exact) mass is 245 g/mol. The Bertz CT molecular complexity index is 402. The number of allylic oxidation sites excluding steroid dienone is 1. The van der Waals surface area contributed by atoms with E-state index >= 15 is 0 Å². The van der Waals surface area contributed by atoms with Crippen LogP contribution in [-0.2, 0) is 0 Å². The number of hydrogen-bond acceptors (Lipinski definition) is 1. The van der Waals surface area contributed by atoms with Crippen molar-refractivity contribution in [2.45, 2.75) is 41.0 Å². The summed E-state index contributed by atoms with van der Waals surface area (Å²) >= 11 is 0. The normalized spacial score (nSPS) is 12.2. The molecule has 0 unspecified atom stereocenters. The molecule has 0 amide bonds. The summed E-state index contributed by atoms with van der Waals surface area (Å²) in [4.78, 5) is 0. The van der Waals surface area contributed by atoms with Crippen molar-refractivity contribution in [1.29, 1.82) is 0 Å². The molecule has 1 aromatic rings. The lowest BCUT2D eigenvalue weighted by Crippen LogP contribution is -2.20. The van der Waals surface area contributed by atoms with Gasteiger partial charge in [0.1, 0.15) is 0 Å². The zero-order chi connectivity index (χ0) is 13.5. The van der Waals surface area contributed by atoms with E-state index in [2.05, 4.69) is 64.2 Å². The summed E-state index contributed by atoms with van der Waals surface area (Å²) in [5.41, 5.74) is 5.48. The Labute approximate surface area is 112 Å². The minimum Gasteiger partial charge on any atom is -0.316 e. The quantitative estimate of drug-likeness (QED) is 0.735. The van der Waals surface area contributed by atoms with Gasteiger partial charge in [0, 0.05) is 0 Å². The van der Waals surface area contributed by atoms with Gasteiger partial charge in [-0.3, -0.25) is 0 Å². The van der Waals surface area contributed by atoms with E-state index in [0.717, 1.165) is 25.4 Å². The average Bonchev–Trinajstić information content (AvgIpc) is 2.27. The van der Waals surface area contributed by atoms with E-state index in [-0.39, 0.29) is 0 Å². The van der Waals surface area contributed by atoms with Crippen molar-refractivity contribution in [2.75, 3.05) is 13.1 Å². The second-order valence-electron chi connectivity index (χ2n) is 5.59. The van der Waals surface area contributed by atoms with Gasteiger partial charge in [-0.1, -0.05) is 43.7 Å². The van der Waals surface area contributed by atoms with Crippen LogP contribution in [0.5, 0.6) is 0 Å². The highest BCUT2D eigenvalue weighted by Gasteiger charge is 2.00. The van der Waals surface area contributed by atoms with Crippen LogP contribution in [-0.4, -0.2) is 13.1 Å². The van der Waals surface area contributed by atoms with Crippen LogP contribution in [0.3, 0.4) is 0 Å². The highest BCUT2D eigenvalue weighted by molar-refractivity contribution is 5.66. The molecule has 0 atom stereocenters. The van der Waals surface area contributed by atoms with E-state index in [1.54, 1.807) is 0 Å². The minimum absolute atomic E-state index is 0.731. The SMILES string of the molecule is CC(=CCCNCC(C)C)c1ccc(C)cc1C. The first kappa shape index (κ1) is 15.0. The molecule has 0 bridgehead atoms. The number of benzene rings is 1. The Hall–Kier alpha value is -1.08. The van der Waals surface area contributed by atoms with Crippen molar-refractivity contribution in [2.24, 2.45) is 5.92 Å². The van der Waals surface area contributed by atoms with Crippen LogP contribution in [0.1, 0.15) is 43.9 Å². The van der Waals surface area contributed by atoms with Gasteiger partial charge >= 0.3 is 0 Å². The maximum Gasteiger partial charge on any atom is -0.00139 e. The predicted octanol–water partition coefficient (Wildman–Crippen LogP) is 4.34. The van der Waals surface area contributed by atoms with E-state index in [1.807, 2.05) is 0 Å². The van der Waals surface area contributed by atoms with Crippen molar-refractivity contribution >= 4 is 5.57 Å². The highest BCUT2D eigenvalue weighted by atomic mass is 14.8. The molecule has 0 aromatic heterocycles. The average molecular weight is 245 g/mol. The summed E-state index contributed by atoms with van der Waals surface area (Å²) in [5.74, 6) is 0.731. The minimum atomic E-state index is 0.731. The highest BCUT2D eigenvalue weighted by Crippen LogP contribution is 2.19. The molecule has 0 aliphatic rings. The molecular weight excluding hydrogens is 218 g/mol. The van der Waals surface area contributed by atoms with Gasteiger partial charge in [-0.05, 0) is 62.9 Å². The number of nitrogens with one attached hydrogen (secondary N) is 1. The Morgan fingerprint density at radius 1 is 1.28 bits per heavy atom. The third kappa shape index (κ3) is 5.05. The zero-order valence-electron chi connectivity index (χ0n) is 12.5. The second-order valence-corrected chi connectivity index (χ2v) is 5.59. The lowest BCUT2D eigenvalue weighted by molar-refractivity contribution is 0.557. The Morgan fingerprint density at radius 3 is 2.61 bits per heavy atom. The van der Waals surface area contributed by atoms with Crippen LogP contribution in [0.4, 0.5) is 0 Å². The molecule has 1 rings (SSSR count). The van der Waals surface area contributed by atoms with E-state index in [9.17, 15) is 0 Å². The van der Waals surface area contributed by atoms with Gasteiger partial charge in [-0.25, -0.2) is 0 Å². The van der Waals surface area contributed by atoms with Crippen molar-refractivity contribution < 1.29 is 0 Å². The summed E-state index contributed by atoms with van der Waals surface area (Å²) in [6.07, 6.45) is 3.44. The molecule has 0 fully saturated rings. The topological polar surface area (TPSA) is 12.0 Å². The summed E-state index contributed by atoms with van der Waals surface area (Å²) in [6.45, 7) is 13.2. The summed E-state index contributed by atoms with van der Waals surface area (Å²) in [7, 11) is 0. The molecule has 0 spiro atoms. The first-order chi connectivity index (χ1) is 8.50. The standard InChI is InChI=1S/C17H27N/c1-13(2)12-18-10-6-7-15(4)17-9-8-14(3)11-16(17)5/h7-9,11,13,18H,6,10,12H2,1-5H3. The van der Waals surface area contributed by atoms with Crippen LogP contribution in [0.25, 0.3) is 5.57 Å². The van der Waals surface area contributed by atoms with Gasteiger partial charge in [-0.2, -0.15) is 0 Å². The largest absolute Gasteiger partial charge is 0.316 e. The summed E-state index contributed by atoms with van der Waals surface area (Å²) < 4.78 is 0. The lowest BCUT2D eigenvalue weighted by Gasteiger charge is -2.08. The predicted molar refractivity (Wildman–Crippen MR) is 81.9 cm³/mol. The summed E-state index contributed by atoms with van der Waals surface area (Å²) in [5, 5.41) is 3.47. The van der Waals surface area contributed by atoms with Crippen LogP contribution in [0, 0.1) is 19.8 Å². The van der Waals surface area contributed by atoms with Gasteiger partial charge in [0.05, 0.1) is 0 Å². The maximum absolute atomic E-state index is 3.47. The molecule has 1 heteroatoms. The molecule has 0 aliphatic heterocycles. The van der Waals surface area contributed by atoms with Gasteiger partial charge in [0.2, 0.25) is 0 Å². The van der Waals surface area contributed by atoms with E-state index in [1.165, 1.54) is 22.3 Å². The molecule has 100 valence electrons. The third-order valence-corrected chi connectivity index (χ3v) is 3.13. The van der Waals surface area contributed by atoms with Gasteiger partial charge in [0.25, 0.3) is 0 Å². The fraction of sp³-hybridized carbons (Fsp3) is 0.529. The number of aryl methyl sites for hydroxylation is 2. The van der Waals surface area contributed by atoms with Crippen molar-refractivity contribution in [1.82, 2.24) is 5.32 Å². The molecule has 0 saturated carbocycles. The van der Waals surface area contributed by atoms with E-state index < -0.39 is 0 Å². The van der Waals surface area contributed by atoms with Gasteiger partial charge in [0.15, 0.2) is 0 Å². The molecule has 0 aliphatic carbocycles. The van der Waals surface area contributed by atoms with E-state index in [0.29, 0.717) is 0 Å². The molecule has 1 aromatic carbocycles. The third-order valence-electron chi connectivity index (χ3n) is 3.13. The van der Waals surface area contributed by atoms with Gasteiger partial charge < -0.3 is 5.32 Å². The van der Waals surface area contributed by atoms with Crippen LogP contribution < -0.4 is 5.32 Å². The Morgan fingerprint density at radius 2 is 2.00 bits per heavy atom. The lowest BCUT2D eigenvalue weighted by atomic mass is 9.99. The molecular formula is C17H27N. The molecule has 0 saturated heterocycles. The summed E-state index contributed by atoms with van der Waals surface area (Å²) in [6, 6.07) is 6.68. The molecule has 1 N–H and O–H groups in total. The van der Waals surface area contributed by atoms with E-state index in [4.69, 9.17) is 0 Å². The fourth-order valence-corrected chi connectivity index (χ4v) is 2.15. The Balaban J connectivity index is 2.50. The maximum atomic E-state index is 3.47. The molecule has 0 radical (unpaired) electrons. The van der Waals surface area contributed by atoms with Crippen LogP contribution >= 0.6 is 0 Å². The van der Waals surface area contributed by atoms with Crippen molar-refractivity contribution in [3.63, 3.8) is 0 Å². The Kier molecular flexibility index (Phi) is 6.14. The van der Waals surface area contributed by atoms with Crippen LogP contribution in [0.15, 0.2) is 24.3 Å². The first-order valence-corrected chi connectivity index (χ1v) is 6.96. The van der Waals surface area contributed by atoms with Crippen molar-refractivity contribution in [3.05, 3.63) is 41.0 Å². The zero-order valence-corrected chi connectivity index (χ0v) is 12.5. The number of rotatable bonds is 6. The van der Waals surface area contributed by atoms with Crippen LogP contribution in [0.2, 0.25) is 0 Å². The fourth-order valence-electron chi connectivity index (χ4n) is 2.15. The second kappa shape index (κ2) is 7.38. The molecule has 18 heavy (non-hydrogen) atoms. The van der Waals surface area contributed by atoms with Gasteiger partial charge in [-0.15, -0.1) is 0 Å². The smallest absolute Gasteiger partial charge is 0.00139 e. The first-order valence-electron chi connectivity index (χ1n) is 6.96. The molecule has 0 heterocycles. The number of hydrogen-bond donors (Lipinski definition) is 1. The molecule has 1 nitrogen and oxygen atoms in total. The van der Waals surface area contributed by atoms with Crippen molar-refractivity contribution in [3.8, 4) is 0 Å².